The summed E-state index contributed by atoms with van der Waals surface area (Å²) in [7, 11) is 0. The van der Waals surface area contributed by atoms with Gasteiger partial charge in [-0.25, -0.2) is 0 Å². The molecule has 1 saturated heterocycles. The maximum absolute atomic E-state index is 12.2. The van der Waals surface area contributed by atoms with Gasteiger partial charge >= 0.3 is 0 Å². The van der Waals surface area contributed by atoms with Gasteiger partial charge < -0.3 is 15.1 Å². The summed E-state index contributed by atoms with van der Waals surface area (Å²) in [5, 5.41) is 3.08. The van der Waals surface area contributed by atoms with Crippen LogP contribution in [-0.2, 0) is 14.4 Å². The number of piperazine rings is 1. The third kappa shape index (κ3) is 4.71. The normalized spacial score (nSPS) is 14.7. The number of anilines is 1. The highest BCUT2D eigenvalue weighted by Crippen LogP contribution is 2.20. The zero-order valence-electron chi connectivity index (χ0n) is 13.9. The molecule has 1 aromatic rings. The predicted molar refractivity (Wildman–Crippen MR) is 93.1 cm³/mol. The second kappa shape index (κ2) is 8.15. The Kier molecular flexibility index (Phi) is 6.20. The SMILES string of the molecule is CC(C)C(=O)C(=O)NCC(=O)N1CCN(c2cccc(Cl)c2)CC1. The van der Waals surface area contributed by atoms with Gasteiger partial charge in [-0.05, 0) is 18.2 Å². The van der Waals surface area contributed by atoms with Crippen molar-refractivity contribution in [3.05, 3.63) is 29.3 Å². The Morgan fingerprint density at radius 2 is 1.83 bits per heavy atom. The standard InChI is InChI=1S/C17H22ClN3O3/c1-12(2)16(23)17(24)19-11-15(22)21-8-6-20(7-9-21)14-5-3-4-13(18)10-14/h3-5,10,12H,6-9,11H2,1-2H3,(H,19,24). The Morgan fingerprint density at radius 3 is 2.42 bits per heavy atom. The maximum atomic E-state index is 12.2. The zero-order valence-corrected chi connectivity index (χ0v) is 14.7. The molecule has 2 amide bonds. The molecule has 0 aliphatic carbocycles. The molecular weight excluding hydrogens is 330 g/mol. The van der Waals surface area contributed by atoms with Crippen molar-refractivity contribution in [1.82, 2.24) is 10.2 Å². The van der Waals surface area contributed by atoms with Gasteiger partial charge in [-0.15, -0.1) is 0 Å². The predicted octanol–water partition coefficient (Wildman–Crippen LogP) is 1.33. The number of benzene rings is 1. The smallest absolute Gasteiger partial charge is 0.288 e. The minimum atomic E-state index is -0.698. The number of amides is 2. The molecule has 1 aromatic carbocycles. The van der Waals surface area contributed by atoms with Crippen molar-refractivity contribution >= 4 is 34.9 Å². The molecule has 2 rings (SSSR count). The molecule has 6 nitrogen and oxygen atoms in total. The van der Waals surface area contributed by atoms with E-state index in [1.165, 1.54) is 0 Å². The number of Topliss-reactive ketones (excluding diaryl/α,β-unsaturated/α-hetero) is 1. The van der Waals surface area contributed by atoms with Crippen LogP contribution >= 0.6 is 11.6 Å². The van der Waals surface area contributed by atoms with Crippen molar-refractivity contribution < 1.29 is 14.4 Å². The van der Waals surface area contributed by atoms with E-state index in [2.05, 4.69) is 10.2 Å². The molecule has 1 N–H and O–H groups in total. The quantitative estimate of drug-likeness (QED) is 0.812. The molecule has 1 aliphatic heterocycles. The van der Waals surface area contributed by atoms with Crippen molar-refractivity contribution in [2.75, 3.05) is 37.6 Å². The van der Waals surface area contributed by atoms with Crippen LogP contribution in [0, 0.1) is 5.92 Å². The van der Waals surface area contributed by atoms with E-state index in [-0.39, 0.29) is 18.4 Å². The van der Waals surface area contributed by atoms with E-state index >= 15 is 0 Å². The summed E-state index contributed by atoms with van der Waals surface area (Å²) in [6, 6.07) is 7.61. The molecule has 0 radical (unpaired) electrons. The molecule has 7 heteroatoms. The number of halogens is 1. The number of hydrogen-bond acceptors (Lipinski definition) is 4. The summed E-state index contributed by atoms with van der Waals surface area (Å²) in [5.74, 6) is -1.75. The fourth-order valence-corrected chi connectivity index (χ4v) is 2.69. The van der Waals surface area contributed by atoms with E-state index in [9.17, 15) is 14.4 Å². The van der Waals surface area contributed by atoms with Gasteiger partial charge in [0.2, 0.25) is 11.7 Å². The third-order valence-corrected chi connectivity index (χ3v) is 4.19. The average molecular weight is 352 g/mol. The summed E-state index contributed by atoms with van der Waals surface area (Å²) >= 11 is 6.00. The number of ketones is 1. The Bertz CT molecular complexity index is 625. The van der Waals surface area contributed by atoms with Gasteiger partial charge in [-0.3, -0.25) is 14.4 Å². The van der Waals surface area contributed by atoms with Crippen LogP contribution in [0.3, 0.4) is 0 Å². The average Bonchev–Trinajstić information content (AvgIpc) is 2.58. The highest BCUT2D eigenvalue weighted by atomic mass is 35.5. The molecule has 0 unspecified atom stereocenters. The fraction of sp³-hybridized carbons (Fsp3) is 0.471. The lowest BCUT2D eigenvalue weighted by Crippen LogP contribution is -2.51. The van der Waals surface area contributed by atoms with E-state index in [1.807, 2.05) is 24.3 Å². The van der Waals surface area contributed by atoms with Crippen LogP contribution in [0.1, 0.15) is 13.8 Å². The fourth-order valence-electron chi connectivity index (χ4n) is 2.50. The molecule has 0 aromatic heterocycles. The van der Waals surface area contributed by atoms with Crippen LogP contribution in [0.5, 0.6) is 0 Å². The van der Waals surface area contributed by atoms with Crippen LogP contribution in [0.25, 0.3) is 0 Å². The Labute approximate surface area is 146 Å². The molecule has 24 heavy (non-hydrogen) atoms. The highest BCUT2D eigenvalue weighted by molar-refractivity contribution is 6.37. The number of hydrogen-bond donors (Lipinski definition) is 1. The van der Waals surface area contributed by atoms with Gasteiger partial charge in [0, 0.05) is 42.8 Å². The minimum Gasteiger partial charge on any atom is -0.368 e. The van der Waals surface area contributed by atoms with E-state index in [0.717, 1.165) is 5.69 Å². The Morgan fingerprint density at radius 1 is 1.17 bits per heavy atom. The Hall–Kier alpha value is -2.08. The highest BCUT2D eigenvalue weighted by Gasteiger charge is 2.23. The van der Waals surface area contributed by atoms with Gasteiger partial charge in [0.1, 0.15) is 0 Å². The van der Waals surface area contributed by atoms with E-state index in [1.54, 1.807) is 18.7 Å². The summed E-state index contributed by atoms with van der Waals surface area (Å²) in [6.07, 6.45) is 0. The first kappa shape index (κ1) is 18.3. The van der Waals surface area contributed by atoms with Crippen LogP contribution in [-0.4, -0.2) is 55.2 Å². The van der Waals surface area contributed by atoms with Gasteiger partial charge in [-0.2, -0.15) is 0 Å². The largest absolute Gasteiger partial charge is 0.368 e. The molecule has 0 spiro atoms. The molecule has 1 fully saturated rings. The van der Waals surface area contributed by atoms with Gasteiger partial charge in [0.05, 0.1) is 6.54 Å². The number of nitrogens with one attached hydrogen (secondary N) is 1. The lowest BCUT2D eigenvalue weighted by molar-refractivity contribution is -0.141. The lowest BCUT2D eigenvalue weighted by Gasteiger charge is -2.36. The van der Waals surface area contributed by atoms with E-state index < -0.39 is 11.7 Å². The maximum Gasteiger partial charge on any atom is 0.288 e. The van der Waals surface area contributed by atoms with E-state index in [4.69, 9.17) is 11.6 Å². The van der Waals surface area contributed by atoms with E-state index in [0.29, 0.717) is 31.2 Å². The van der Waals surface area contributed by atoms with Crippen LogP contribution < -0.4 is 10.2 Å². The monoisotopic (exact) mass is 351 g/mol. The molecule has 0 atom stereocenters. The zero-order chi connectivity index (χ0) is 17.7. The van der Waals surface area contributed by atoms with Gasteiger partial charge in [0.15, 0.2) is 0 Å². The summed E-state index contributed by atoms with van der Waals surface area (Å²) in [4.78, 5) is 39.1. The van der Waals surface area contributed by atoms with Crippen molar-refractivity contribution in [1.29, 1.82) is 0 Å². The summed E-state index contributed by atoms with van der Waals surface area (Å²) in [6.45, 7) is 5.70. The number of rotatable bonds is 5. The minimum absolute atomic E-state index is 0.144. The molecule has 0 bridgehead atoms. The van der Waals surface area contributed by atoms with Crippen molar-refractivity contribution in [3.8, 4) is 0 Å². The first-order chi connectivity index (χ1) is 11.4. The van der Waals surface area contributed by atoms with Crippen LogP contribution in [0.2, 0.25) is 5.02 Å². The number of nitrogens with zero attached hydrogens (tertiary/aromatic N) is 2. The second-order valence-electron chi connectivity index (χ2n) is 6.05. The topological polar surface area (TPSA) is 69.7 Å². The van der Waals surface area contributed by atoms with Crippen LogP contribution in [0.15, 0.2) is 24.3 Å². The summed E-state index contributed by atoms with van der Waals surface area (Å²) in [5.41, 5.74) is 1.03. The third-order valence-electron chi connectivity index (χ3n) is 3.95. The molecule has 0 saturated carbocycles. The lowest BCUT2D eigenvalue weighted by atomic mass is 10.1. The van der Waals surface area contributed by atoms with Gasteiger partial charge in [0.25, 0.3) is 5.91 Å². The second-order valence-corrected chi connectivity index (χ2v) is 6.49. The first-order valence-electron chi connectivity index (χ1n) is 7.99. The summed E-state index contributed by atoms with van der Waals surface area (Å²) < 4.78 is 0. The van der Waals surface area contributed by atoms with Crippen molar-refractivity contribution in [3.63, 3.8) is 0 Å². The van der Waals surface area contributed by atoms with Crippen LogP contribution in [0.4, 0.5) is 5.69 Å². The van der Waals surface area contributed by atoms with Crippen molar-refractivity contribution in [2.24, 2.45) is 5.92 Å². The van der Waals surface area contributed by atoms with Crippen molar-refractivity contribution in [2.45, 2.75) is 13.8 Å². The molecule has 1 heterocycles. The Balaban J connectivity index is 1.80. The first-order valence-corrected chi connectivity index (χ1v) is 8.36. The molecule has 1 aliphatic rings. The number of carbonyl (C=O) groups is 3. The molecule has 130 valence electrons. The molecular formula is C17H22ClN3O3. The number of carbonyl (C=O) groups excluding carboxylic acids is 3. The van der Waals surface area contributed by atoms with Gasteiger partial charge in [-0.1, -0.05) is 31.5 Å².